The van der Waals surface area contributed by atoms with Crippen molar-refractivity contribution in [2.24, 2.45) is 56.7 Å². The first kappa shape index (κ1) is 23.1. The predicted octanol–water partition coefficient (Wildman–Crippen LogP) is 7.20. The Balaban J connectivity index is 1.54. The molecule has 2 heteroatoms. The van der Waals surface area contributed by atoms with Crippen molar-refractivity contribution in [1.29, 1.82) is 0 Å². The van der Waals surface area contributed by atoms with Crippen LogP contribution in [0.1, 0.15) is 106 Å². The van der Waals surface area contributed by atoms with E-state index in [1.54, 1.807) is 0 Å². The van der Waals surface area contributed by atoms with E-state index in [4.69, 9.17) is 0 Å². The van der Waals surface area contributed by atoms with Crippen molar-refractivity contribution >= 4 is 6.29 Å². The summed E-state index contributed by atoms with van der Waals surface area (Å²) in [6.45, 7) is 19.4. The van der Waals surface area contributed by atoms with E-state index in [-0.39, 0.29) is 11.5 Å². The number of aldehydes is 1. The lowest BCUT2D eigenvalue weighted by Crippen LogP contribution is -2.66. The first-order chi connectivity index (χ1) is 14.8. The molecule has 10 atom stereocenters. The van der Waals surface area contributed by atoms with Crippen LogP contribution in [0.3, 0.4) is 0 Å². The smallest absolute Gasteiger partial charge is 0.145 e. The summed E-state index contributed by atoms with van der Waals surface area (Å²) in [6.07, 6.45) is 13.4. The molecule has 0 aromatic carbocycles. The van der Waals surface area contributed by atoms with Gasteiger partial charge in [0.2, 0.25) is 0 Å². The highest BCUT2D eigenvalue weighted by Gasteiger charge is 2.70. The van der Waals surface area contributed by atoms with E-state index >= 15 is 0 Å². The zero-order valence-corrected chi connectivity index (χ0v) is 21.7. The molecule has 0 unspecified atom stereocenters. The van der Waals surface area contributed by atoms with Gasteiger partial charge < -0.3 is 5.11 Å². The Hall–Kier alpha value is -0.630. The van der Waals surface area contributed by atoms with Crippen LogP contribution in [0.4, 0.5) is 0 Å². The van der Waals surface area contributed by atoms with Crippen molar-refractivity contribution in [2.45, 2.75) is 112 Å². The van der Waals surface area contributed by atoms with Crippen LogP contribution in [-0.2, 0) is 4.79 Å². The van der Waals surface area contributed by atoms with E-state index in [9.17, 15) is 9.90 Å². The van der Waals surface area contributed by atoms with Gasteiger partial charge in [0.25, 0.3) is 0 Å². The first-order valence-corrected chi connectivity index (χ1v) is 13.7. The molecular formula is C30H48O2. The SMILES string of the molecule is C=C(C=O)[C@@H]1CC[C@]2(C)CC[C@]3(C)[C@H](CC[C@H]4[C@@]5(C)CC[C@H](O)C(C)(C)[C@@H]5CC[C@]43C)[C@@H]12. The number of hydrogen-bond acceptors (Lipinski definition) is 2. The minimum absolute atomic E-state index is 0.0233. The monoisotopic (exact) mass is 440 g/mol. The average Bonchev–Trinajstić information content (AvgIpc) is 3.09. The molecule has 0 amide bonds. The van der Waals surface area contributed by atoms with Crippen molar-refractivity contribution in [3.8, 4) is 0 Å². The van der Waals surface area contributed by atoms with Gasteiger partial charge in [-0.05, 0) is 126 Å². The van der Waals surface area contributed by atoms with Gasteiger partial charge >= 0.3 is 0 Å². The van der Waals surface area contributed by atoms with Crippen molar-refractivity contribution < 1.29 is 9.90 Å². The van der Waals surface area contributed by atoms with Gasteiger partial charge in [0.05, 0.1) is 6.10 Å². The molecule has 5 saturated carbocycles. The van der Waals surface area contributed by atoms with Gasteiger partial charge in [-0.3, -0.25) is 4.79 Å². The average molecular weight is 441 g/mol. The first-order valence-electron chi connectivity index (χ1n) is 13.7. The molecule has 5 aliphatic carbocycles. The summed E-state index contributed by atoms with van der Waals surface area (Å²) in [5, 5.41) is 10.9. The second-order valence-corrected chi connectivity index (χ2v) is 14.6. The molecule has 5 fully saturated rings. The zero-order valence-electron chi connectivity index (χ0n) is 21.7. The number of carbonyl (C=O) groups is 1. The quantitative estimate of drug-likeness (QED) is 0.364. The second kappa shape index (κ2) is 6.96. The summed E-state index contributed by atoms with van der Waals surface area (Å²) in [5.74, 6) is 3.12. The van der Waals surface area contributed by atoms with Gasteiger partial charge in [-0.2, -0.15) is 0 Å². The molecule has 0 aromatic heterocycles. The lowest BCUT2D eigenvalue weighted by Gasteiger charge is -2.72. The van der Waals surface area contributed by atoms with Crippen molar-refractivity contribution in [2.75, 3.05) is 0 Å². The van der Waals surface area contributed by atoms with Crippen LogP contribution in [0.15, 0.2) is 12.2 Å². The largest absolute Gasteiger partial charge is 0.393 e. The number of fused-ring (bicyclic) bond motifs is 7. The zero-order chi connectivity index (χ0) is 23.3. The molecule has 0 aromatic rings. The van der Waals surface area contributed by atoms with Crippen LogP contribution in [0.25, 0.3) is 0 Å². The third kappa shape index (κ3) is 2.65. The maximum absolute atomic E-state index is 11.8. The Morgan fingerprint density at radius 3 is 2.22 bits per heavy atom. The summed E-state index contributed by atoms with van der Waals surface area (Å²) in [4.78, 5) is 11.8. The van der Waals surface area contributed by atoms with E-state index in [0.29, 0.717) is 45.3 Å². The fraction of sp³-hybridized carbons (Fsp3) is 0.900. The Morgan fingerprint density at radius 2 is 1.53 bits per heavy atom. The molecule has 32 heavy (non-hydrogen) atoms. The van der Waals surface area contributed by atoms with Crippen LogP contribution in [-0.4, -0.2) is 17.5 Å². The molecule has 2 nitrogen and oxygen atoms in total. The number of carbonyl (C=O) groups excluding carboxylic acids is 1. The van der Waals surface area contributed by atoms with Crippen molar-refractivity contribution in [1.82, 2.24) is 0 Å². The Bertz CT molecular complexity index is 814. The van der Waals surface area contributed by atoms with Gasteiger partial charge in [-0.15, -0.1) is 0 Å². The summed E-state index contributed by atoms with van der Waals surface area (Å²) in [7, 11) is 0. The van der Waals surface area contributed by atoms with Crippen LogP contribution in [0.5, 0.6) is 0 Å². The van der Waals surface area contributed by atoms with Crippen LogP contribution in [0, 0.1) is 56.7 Å². The van der Waals surface area contributed by atoms with E-state index in [2.05, 4.69) is 48.1 Å². The normalized spacial score (nSPS) is 56.3. The van der Waals surface area contributed by atoms with E-state index in [1.807, 2.05) is 0 Å². The van der Waals surface area contributed by atoms with Crippen LogP contribution < -0.4 is 0 Å². The summed E-state index contributed by atoms with van der Waals surface area (Å²) in [6, 6.07) is 0. The third-order valence-electron chi connectivity index (χ3n) is 13.5. The maximum Gasteiger partial charge on any atom is 0.145 e. The molecule has 0 saturated heterocycles. The lowest BCUT2D eigenvalue weighted by molar-refractivity contribution is -0.246. The fourth-order valence-electron chi connectivity index (χ4n) is 11.4. The minimum atomic E-state index is -0.152. The topological polar surface area (TPSA) is 37.3 Å². The molecule has 0 heterocycles. The summed E-state index contributed by atoms with van der Waals surface area (Å²) in [5.41, 5.74) is 2.33. The number of hydrogen-bond donors (Lipinski definition) is 1. The van der Waals surface area contributed by atoms with Crippen molar-refractivity contribution in [3.05, 3.63) is 12.2 Å². The van der Waals surface area contributed by atoms with Crippen LogP contribution >= 0.6 is 0 Å². The van der Waals surface area contributed by atoms with Crippen LogP contribution in [0.2, 0.25) is 0 Å². The predicted molar refractivity (Wildman–Crippen MR) is 131 cm³/mol. The van der Waals surface area contributed by atoms with Gasteiger partial charge in [-0.25, -0.2) is 0 Å². The Morgan fingerprint density at radius 1 is 0.812 bits per heavy atom. The molecule has 180 valence electrons. The molecular weight excluding hydrogens is 392 g/mol. The highest BCUT2D eigenvalue weighted by atomic mass is 16.3. The molecule has 0 aliphatic heterocycles. The lowest BCUT2D eigenvalue weighted by atomic mass is 9.32. The van der Waals surface area contributed by atoms with Gasteiger partial charge in [0.15, 0.2) is 0 Å². The van der Waals surface area contributed by atoms with Crippen molar-refractivity contribution in [3.63, 3.8) is 0 Å². The number of allylic oxidation sites excluding steroid dienone is 1. The molecule has 0 bridgehead atoms. The summed E-state index contributed by atoms with van der Waals surface area (Å²) >= 11 is 0. The third-order valence-corrected chi connectivity index (χ3v) is 13.5. The summed E-state index contributed by atoms with van der Waals surface area (Å²) < 4.78 is 0. The van der Waals surface area contributed by atoms with E-state index in [0.717, 1.165) is 30.6 Å². The highest BCUT2D eigenvalue weighted by Crippen LogP contribution is 2.77. The molecule has 0 spiro atoms. The van der Waals surface area contributed by atoms with Gasteiger partial charge in [-0.1, -0.05) is 48.1 Å². The van der Waals surface area contributed by atoms with E-state index < -0.39 is 0 Å². The highest BCUT2D eigenvalue weighted by molar-refractivity contribution is 5.73. The maximum atomic E-state index is 11.8. The van der Waals surface area contributed by atoms with Gasteiger partial charge in [0, 0.05) is 0 Å². The number of aliphatic hydroxyl groups is 1. The second-order valence-electron chi connectivity index (χ2n) is 14.6. The van der Waals surface area contributed by atoms with Gasteiger partial charge in [0.1, 0.15) is 6.29 Å². The Labute approximate surface area is 197 Å². The minimum Gasteiger partial charge on any atom is -0.393 e. The van der Waals surface area contributed by atoms with E-state index in [1.165, 1.54) is 51.4 Å². The molecule has 5 rings (SSSR count). The number of aliphatic hydroxyl groups excluding tert-OH is 1. The molecule has 0 radical (unpaired) electrons. The Kier molecular flexibility index (Phi) is 5.03. The molecule has 5 aliphatic rings. The standard InChI is InChI=1S/C30H48O2/c1-19(18-31)20-10-13-27(4)16-17-29(6)21(25(20)27)8-9-23-28(5)14-12-24(32)26(2,3)22(28)11-15-30(23,29)7/h18,20-25,32H,1,8-17H2,2-7H3/t20-,21+,22-,23-,24-,25+,27+,28-,29+,30+/m0/s1. The molecule has 1 N–H and O–H groups in total. The number of rotatable bonds is 2. The fourth-order valence-corrected chi connectivity index (χ4v) is 11.4.